The Kier molecular flexibility index (Phi) is 4.73. The van der Waals surface area contributed by atoms with Gasteiger partial charge in [0, 0.05) is 19.8 Å². The van der Waals surface area contributed by atoms with E-state index < -0.39 is 29.7 Å². The molecular formula is C22H24O7. The van der Waals surface area contributed by atoms with Crippen molar-refractivity contribution in [2.45, 2.75) is 63.9 Å². The maximum Gasteiger partial charge on any atom is 0.338 e. The predicted molar refractivity (Wildman–Crippen MR) is 101 cm³/mol. The Morgan fingerprint density at radius 3 is 2.79 bits per heavy atom. The molecule has 0 spiro atoms. The highest BCUT2D eigenvalue weighted by Gasteiger charge is 2.59. The number of carbonyl (C=O) groups is 3. The van der Waals surface area contributed by atoms with Crippen LogP contribution in [-0.2, 0) is 30.2 Å². The Hall–Kier alpha value is -2.67. The van der Waals surface area contributed by atoms with Gasteiger partial charge in [0.15, 0.2) is 12.4 Å². The zero-order valence-electron chi connectivity index (χ0n) is 16.7. The van der Waals surface area contributed by atoms with Crippen LogP contribution in [0.4, 0.5) is 0 Å². The predicted octanol–water partition coefficient (Wildman–Crippen LogP) is 3.23. The van der Waals surface area contributed by atoms with Gasteiger partial charge in [-0.3, -0.25) is 9.59 Å². The summed E-state index contributed by atoms with van der Waals surface area (Å²) in [6.45, 7) is 9.13. The van der Waals surface area contributed by atoms with Gasteiger partial charge < -0.3 is 18.6 Å². The number of aldehydes is 1. The largest absolute Gasteiger partial charge is 0.462 e. The minimum absolute atomic E-state index is 0.0581. The van der Waals surface area contributed by atoms with Crippen molar-refractivity contribution in [3.63, 3.8) is 0 Å². The van der Waals surface area contributed by atoms with Crippen molar-refractivity contribution in [1.29, 1.82) is 0 Å². The molecule has 4 rings (SSSR count). The minimum atomic E-state index is -0.773. The first-order valence-corrected chi connectivity index (χ1v) is 9.71. The number of ether oxygens (including phenoxy) is 3. The first-order valence-electron chi connectivity index (χ1n) is 9.71. The summed E-state index contributed by atoms with van der Waals surface area (Å²) in [5.41, 5.74) is 1.09. The van der Waals surface area contributed by atoms with Crippen molar-refractivity contribution in [1.82, 2.24) is 0 Å². The summed E-state index contributed by atoms with van der Waals surface area (Å²) in [5, 5.41) is 0. The van der Waals surface area contributed by atoms with Crippen LogP contribution in [0.1, 0.15) is 61.6 Å². The fourth-order valence-corrected chi connectivity index (χ4v) is 4.20. The molecule has 0 amide bonds. The van der Waals surface area contributed by atoms with E-state index in [9.17, 15) is 14.4 Å². The summed E-state index contributed by atoms with van der Waals surface area (Å²) in [4.78, 5) is 35.7. The number of hydrogen-bond acceptors (Lipinski definition) is 7. The molecule has 7 nitrogen and oxygen atoms in total. The Balaban J connectivity index is 1.76. The van der Waals surface area contributed by atoms with Gasteiger partial charge in [-0.1, -0.05) is 18.2 Å². The summed E-state index contributed by atoms with van der Waals surface area (Å²) in [7, 11) is 0. The van der Waals surface area contributed by atoms with Crippen molar-refractivity contribution in [3.8, 4) is 0 Å². The molecular weight excluding hydrogens is 376 g/mol. The number of fused-ring (bicyclic) bond motifs is 6. The average molecular weight is 400 g/mol. The molecule has 3 aliphatic rings. The highest BCUT2D eigenvalue weighted by Crippen LogP contribution is 2.54. The number of furan rings is 1. The van der Waals surface area contributed by atoms with E-state index in [1.54, 1.807) is 12.1 Å². The van der Waals surface area contributed by atoms with Crippen molar-refractivity contribution >= 4 is 18.2 Å². The van der Waals surface area contributed by atoms with E-state index in [-0.39, 0.29) is 12.0 Å². The van der Waals surface area contributed by atoms with Gasteiger partial charge in [-0.15, -0.1) is 0 Å². The number of esters is 2. The van der Waals surface area contributed by atoms with Crippen LogP contribution in [-0.4, -0.2) is 36.0 Å². The number of rotatable bonds is 3. The lowest BCUT2D eigenvalue weighted by atomic mass is 9.89. The quantitative estimate of drug-likeness (QED) is 0.333. The molecule has 7 heteroatoms. The van der Waals surface area contributed by atoms with Gasteiger partial charge in [0.1, 0.15) is 29.3 Å². The van der Waals surface area contributed by atoms with Gasteiger partial charge in [0.05, 0.1) is 11.1 Å². The number of hydrogen-bond donors (Lipinski definition) is 0. The summed E-state index contributed by atoms with van der Waals surface area (Å²) in [5.74, 6) is 0.144. The van der Waals surface area contributed by atoms with Gasteiger partial charge in [-0.2, -0.15) is 0 Å². The van der Waals surface area contributed by atoms with E-state index in [1.807, 2.05) is 13.8 Å². The Labute approximate surface area is 168 Å². The maximum absolute atomic E-state index is 12.5. The number of carbonyl (C=O) groups excluding carboxylic acids is 3. The average Bonchev–Trinajstić information content (AvgIpc) is 3.00. The fraction of sp³-hybridized carbons (Fsp3) is 0.500. The van der Waals surface area contributed by atoms with Crippen LogP contribution in [0.25, 0.3) is 0 Å². The van der Waals surface area contributed by atoms with Crippen LogP contribution in [0.5, 0.6) is 0 Å². The minimum Gasteiger partial charge on any atom is -0.462 e. The monoisotopic (exact) mass is 400 g/mol. The molecule has 0 aliphatic carbocycles. The van der Waals surface area contributed by atoms with E-state index in [0.29, 0.717) is 41.9 Å². The molecule has 3 aliphatic heterocycles. The summed E-state index contributed by atoms with van der Waals surface area (Å²) >= 11 is 0. The second-order valence-electron chi connectivity index (χ2n) is 8.28. The van der Waals surface area contributed by atoms with Gasteiger partial charge in [-0.25, -0.2) is 4.79 Å². The second-order valence-corrected chi connectivity index (χ2v) is 8.28. The number of epoxide rings is 1. The third-order valence-corrected chi connectivity index (χ3v) is 5.92. The Morgan fingerprint density at radius 1 is 1.38 bits per heavy atom. The van der Waals surface area contributed by atoms with E-state index in [4.69, 9.17) is 18.6 Å². The zero-order valence-corrected chi connectivity index (χ0v) is 16.7. The molecule has 0 radical (unpaired) electrons. The standard InChI is InChI=1S/C22H24O7/c1-11(2)13-5-6-15-19(26-12(3)24)18(28-21(15)25)9-22(4)20(29-22)17-8-14(10-23)16(7-13)27-17/h6,8,10,13,18-20H,1,5,7,9H2,2-4H3. The van der Waals surface area contributed by atoms with Crippen LogP contribution < -0.4 is 0 Å². The first kappa shape index (κ1) is 19.6. The van der Waals surface area contributed by atoms with Crippen molar-refractivity contribution < 1.29 is 33.0 Å². The van der Waals surface area contributed by atoms with E-state index in [1.165, 1.54) is 6.92 Å². The third-order valence-electron chi connectivity index (χ3n) is 5.92. The molecule has 2 saturated heterocycles. The highest BCUT2D eigenvalue weighted by atomic mass is 16.6. The normalized spacial score (nSPS) is 33.2. The lowest BCUT2D eigenvalue weighted by Crippen LogP contribution is -2.31. The third kappa shape index (κ3) is 3.55. The molecule has 0 aromatic carbocycles. The maximum atomic E-state index is 12.5. The van der Waals surface area contributed by atoms with Gasteiger partial charge in [0.25, 0.3) is 0 Å². The summed E-state index contributed by atoms with van der Waals surface area (Å²) in [6.07, 6.45) is 2.06. The molecule has 5 unspecified atom stereocenters. The molecule has 1 aromatic rings. The lowest BCUT2D eigenvalue weighted by Gasteiger charge is -2.20. The molecule has 2 fully saturated rings. The Morgan fingerprint density at radius 2 is 2.14 bits per heavy atom. The summed E-state index contributed by atoms with van der Waals surface area (Å²) in [6, 6.07) is 1.71. The van der Waals surface area contributed by atoms with Crippen LogP contribution in [0.2, 0.25) is 0 Å². The van der Waals surface area contributed by atoms with Gasteiger partial charge in [0.2, 0.25) is 0 Å². The van der Waals surface area contributed by atoms with E-state index in [0.717, 1.165) is 11.9 Å². The lowest BCUT2D eigenvalue weighted by molar-refractivity contribution is -0.151. The van der Waals surface area contributed by atoms with E-state index in [2.05, 4.69) is 6.58 Å². The van der Waals surface area contributed by atoms with Gasteiger partial charge >= 0.3 is 11.9 Å². The van der Waals surface area contributed by atoms with Crippen molar-refractivity contribution in [2.75, 3.05) is 0 Å². The SMILES string of the molecule is C=C(C)C1CC=C2C(=O)OC(CC3(C)OC3c3cc(C=O)c(o3)C1)C2OC(C)=O. The molecule has 0 N–H and O–H groups in total. The molecule has 0 saturated carbocycles. The fourth-order valence-electron chi connectivity index (χ4n) is 4.20. The zero-order chi connectivity index (χ0) is 20.9. The smallest absolute Gasteiger partial charge is 0.338 e. The molecule has 154 valence electrons. The van der Waals surface area contributed by atoms with E-state index >= 15 is 0 Å². The second kappa shape index (κ2) is 6.99. The highest BCUT2D eigenvalue weighted by molar-refractivity contribution is 5.92. The molecule has 4 bridgehead atoms. The van der Waals surface area contributed by atoms with Crippen molar-refractivity contribution in [2.24, 2.45) is 5.92 Å². The molecule has 4 heterocycles. The van der Waals surface area contributed by atoms with Crippen LogP contribution in [0.15, 0.2) is 34.3 Å². The van der Waals surface area contributed by atoms with Crippen LogP contribution in [0.3, 0.4) is 0 Å². The van der Waals surface area contributed by atoms with Gasteiger partial charge in [-0.05, 0) is 32.3 Å². The first-order chi connectivity index (χ1) is 13.7. The molecule has 5 atom stereocenters. The van der Waals surface area contributed by atoms with Crippen molar-refractivity contribution in [3.05, 3.63) is 47.0 Å². The number of allylic oxidation sites excluding steroid dienone is 2. The van der Waals surface area contributed by atoms with Crippen LogP contribution in [0, 0.1) is 5.92 Å². The summed E-state index contributed by atoms with van der Waals surface area (Å²) < 4.78 is 22.9. The molecule has 1 aromatic heterocycles. The Bertz CT molecular complexity index is 924. The van der Waals surface area contributed by atoms with Crippen LogP contribution >= 0.6 is 0 Å². The molecule has 29 heavy (non-hydrogen) atoms. The topological polar surface area (TPSA) is 95.3 Å².